The summed E-state index contributed by atoms with van der Waals surface area (Å²) in [7, 11) is 1.92. The Hall–Kier alpha value is -3.03. The van der Waals surface area contributed by atoms with E-state index in [1.165, 1.54) is 5.56 Å². The Bertz CT molecular complexity index is 1220. The Morgan fingerprint density at radius 1 is 1.27 bits per heavy atom. The first-order valence-electron chi connectivity index (χ1n) is 9.92. The predicted molar refractivity (Wildman–Crippen MR) is 118 cm³/mol. The Labute approximate surface area is 178 Å². The number of amides is 1. The van der Waals surface area contributed by atoms with Crippen LogP contribution in [0.1, 0.15) is 27.2 Å². The number of rotatable bonds is 5. The quantitative estimate of drug-likeness (QED) is 0.536. The smallest absolute Gasteiger partial charge is 0.270 e. The minimum absolute atomic E-state index is 0.0844. The van der Waals surface area contributed by atoms with Gasteiger partial charge >= 0.3 is 0 Å². The summed E-state index contributed by atoms with van der Waals surface area (Å²) in [6.07, 6.45) is 2.69. The van der Waals surface area contributed by atoms with Crippen LogP contribution in [0.4, 0.5) is 0 Å². The summed E-state index contributed by atoms with van der Waals surface area (Å²) in [5.74, 6) is -0.137. The van der Waals surface area contributed by atoms with Crippen molar-refractivity contribution in [3.8, 4) is 11.3 Å². The van der Waals surface area contributed by atoms with Crippen molar-refractivity contribution in [2.75, 3.05) is 13.2 Å². The van der Waals surface area contributed by atoms with E-state index in [4.69, 9.17) is 4.74 Å². The zero-order chi connectivity index (χ0) is 20.7. The van der Waals surface area contributed by atoms with Crippen molar-refractivity contribution in [1.29, 1.82) is 0 Å². The molecular weight excluding hydrogens is 396 g/mol. The van der Waals surface area contributed by atoms with Gasteiger partial charge < -0.3 is 10.1 Å². The third-order valence-electron chi connectivity index (χ3n) is 5.34. The van der Waals surface area contributed by atoms with Gasteiger partial charge in [-0.15, -0.1) is 11.3 Å². The average Bonchev–Trinajstić information content (AvgIpc) is 3.31. The molecular formula is C23H22N4O2S. The third-order valence-corrected chi connectivity index (χ3v) is 6.50. The molecule has 1 saturated heterocycles. The summed E-state index contributed by atoms with van der Waals surface area (Å²) in [5, 5.41) is 9.56. The van der Waals surface area contributed by atoms with E-state index >= 15 is 0 Å². The number of carbonyl (C=O) groups excluding carboxylic acids is 1. The lowest BCUT2D eigenvalue weighted by molar-refractivity contribution is -0.00354. The van der Waals surface area contributed by atoms with E-state index in [1.54, 1.807) is 16.0 Å². The summed E-state index contributed by atoms with van der Waals surface area (Å²) in [4.78, 5) is 17.3. The Morgan fingerprint density at radius 2 is 2.07 bits per heavy atom. The van der Waals surface area contributed by atoms with Crippen LogP contribution in [-0.4, -0.2) is 39.9 Å². The first kappa shape index (κ1) is 19.0. The van der Waals surface area contributed by atoms with Gasteiger partial charge in [0.1, 0.15) is 5.69 Å². The fraction of sp³-hybridized carbons (Fsp3) is 0.261. The molecule has 3 aromatic heterocycles. The molecule has 1 N–H and O–H groups in total. The molecule has 0 atom stereocenters. The van der Waals surface area contributed by atoms with Crippen molar-refractivity contribution in [2.24, 2.45) is 7.05 Å². The van der Waals surface area contributed by atoms with E-state index in [0.717, 1.165) is 39.0 Å². The second-order valence-electron chi connectivity index (χ2n) is 7.72. The molecule has 5 rings (SSSR count). The normalized spacial score (nSPS) is 14.1. The Balaban J connectivity index is 1.44. The van der Waals surface area contributed by atoms with E-state index in [1.807, 2.05) is 32.3 Å². The largest absolute Gasteiger partial charge is 0.377 e. The number of carbonyl (C=O) groups is 1. The molecule has 0 bridgehead atoms. The van der Waals surface area contributed by atoms with E-state index in [9.17, 15) is 4.79 Å². The number of ether oxygens (including phenoxy) is 1. The molecule has 1 amide bonds. The topological polar surface area (TPSA) is 69.0 Å². The van der Waals surface area contributed by atoms with Crippen molar-refractivity contribution < 1.29 is 9.53 Å². The number of hydrogen-bond donors (Lipinski definition) is 1. The maximum atomic E-state index is 12.7. The van der Waals surface area contributed by atoms with Gasteiger partial charge in [-0.1, -0.05) is 24.3 Å². The molecule has 1 aromatic carbocycles. The van der Waals surface area contributed by atoms with Crippen LogP contribution >= 0.6 is 11.3 Å². The molecule has 1 aliphatic rings. The van der Waals surface area contributed by atoms with Gasteiger partial charge in [-0.2, -0.15) is 5.10 Å². The number of hydrogen-bond acceptors (Lipinski definition) is 5. The van der Waals surface area contributed by atoms with Crippen LogP contribution < -0.4 is 5.32 Å². The molecule has 0 aliphatic carbocycles. The van der Waals surface area contributed by atoms with Gasteiger partial charge in [0.05, 0.1) is 35.2 Å². The van der Waals surface area contributed by atoms with Crippen molar-refractivity contribution in [1.82, 2.24) is 20.1 Å². The van der Waals surface area contributed by atoms with Crippen molar-refractivity contribution >= 4 is 27.5 Å². The number of thiophene rings is 1. The standard InChI is InChI=1S/C23H22N4O2S/c1-14-13-30-22-17(10-20(25-21(14)22)23(28)24-18-11-29-12-18)9-15-3-5-16(6-4-15)19-7-8-27(2)26-19/h3-8,10,13,18H,9,11-12H2,1-2H3,(H,24,28). The molecule has 30 heavy (non-hydrogen) atoms. The van der Waals surface area contributed by atoms with Crippen LogP contribution in [0, 0.1) is 6.92 Å². The van der Waals surface area contributed by atoms with Crippen molar-refractivity contribution in [3.63, 3.8) is 0 Å². The molecule has 152 valence electrons. The van der Waals surface area contributed by atoms with Gasteiger partial charge in [0.2, 0.25) is 0 Å². The van der Waals surface area contributed by atoms with Gasteiger partial charge in [0.15, 0.2) is 0 Å². The summed E-state index contributed by atoms with van der Waals surface area (Å²) in [6.45, 7) is 3.18. The monoisotopic (exact) mass is 418 g/mol. The van der Waals surface area contributed by atoms with Gasteiger partial charge in [-0.3, -0.25) is 9.48 Å². The number of nitrogens with zero attached hydrogens (tertiary/aromatic N) is 3. The summed E-state index contributed by atoms with van der Waals surface area (Å²) in [5.41, 5.74) is 6.85. The maximum Gasteiger partial charge on any atom is 0.270 e. The second-order valence-corrected chi connectivity index (χ2v) is 8.60. The molecule has 0 spiro atoms. The molecule has 6 nitrogen and oxygen atoms in total. The first-order chi connectivity index (χ1) is 14.6. The van der Waals surface area contributed by atoms with Crippen molar-refractivity contribution in [2.45, 2.75) is 19.4 Å². The number of benzene rings is 1. The summed E-state index contributed by atoms with van der Waals surface area (Å²) >= 11 is 1.69. The fourth-order valence-corrected chi connectivity index (χ4v) is 4.60. The lowest BCUT2D eigenvalue weighted by Crippen LogP contribution is -2.48. The molecule has 1 fully saturated rings. The molecule has 7 heteroatoms. The molecule has 0 unspecified atom stereocenters. The highest BCUT2D eigenvalue weighted by Gasteiger charge is 2.23. The number of pyridine rings is 1. The maximum absolute atomic E-state index is 12.7. The number of fused-ring (bicyclic) bond motifs is 1. The van der Waals surface area contributed by atoms with Crippen LogP contribution in [0.5, 0.6) is 0 Å². The minimum atomic E-state index is -0.137. The van der Waals surface area contributed by atoms with Gasteiger partial charge in [-0.05, 0) is 47.5 Å². The Kier molecular flexibility index (Phi) is 4.84. The third kappa shape index (κ3) is 3.62. The van der Waals surface area contributed by atoms with Gasteiger partial charge in [0.25, 0.3) is 5.91 Å². The number of aryl methyl sites for hydroxylation is 2. The van der Waals surface area contributed by atoms with Gasteiger partial charge in [-0.25, -0.2) is 4.98 Å². The predicted octanol–water partition coefficient (Wildman–Crippen LogP) is 3.72. The number of nitrogens with one attached hydrogen (secondary N) is 1. The van der Waals surface area contributed by atoms with Crippen LogP contribution in [0.2, 0.25) is 0 Å². The lowest BCUT2D eigenvalue weighted by atomic mass is 10.0. The van der Waals surface area contributed by atoms with Crippen LogP contribution in [0.25, 0.3) is 21.5 Å². The summed E-state index contributed by atoms with van der Waals surface area (Å²) < 4.78 is 8.10. The SMILES string of the molecule is Cc1csc2c(Cc3ccc(-c4ccn(C)n4)cc3)cc(C(=O)NC3COC3)nc12. The van der Waals surface area contributed by atoms with E-state index < -0.39 is 0 Å². The lowest BCUT2D eigenvalue weighted by Gasteiger charge is -2.26. The second kappa shape index (κ2) is 7.66. The van der Waals surface area contributed by atoms with Crippen LogP contribution in [0.3, 0.4) is 0 Å². The van der Waals surface area contributed by atoms with E-state index in [0.29, 0.717) is 18.9 Å². The van der Waals surface area contributed by atoms with E-state index in [2.05, 4.69) is 45.0 Å². The van der Waals surface area contributed by atoms with E-state index in [-0.39, 0.29) is 11.9 Å². The highest BCUT2D eigenvalue weighted by Crippen LogP contribution is 2.30. The zero-order valence-corrected chi connectivity index (χ0v) is 17.7. The van der Waals surface area contributed by atoms with Gasteiger partial charge in [0, 0.05) is 18.8 Å². The molecule has 0 saturated carbocycles. The first-order valence-corrected chi connectivity index (χ1v) is 10.8. The molecule has 0 radical (unpaired) electrons. The zero-order valence-electron chi connectivity index (χ0n) is 16.9. The van der Waals surface area contributed by atoms with Crippen molar-refractivity contribution in [3.05, 3.63) is 70.4 Å². The number of aromatic nitrogens is 3. The van der Waals surface area contributed by atoms with Crippen LogP contribution in [0.15, 0.2) is 48.0 Å². The minimum Gasteiger partial charge on any atom is -0.377 e. The molecule has 1 aliphatic heterocycles. The highest BCUT2D eigenvalue weighted by atomic mass is 32.1. The highest BCUT2D eigenvalue weighted by molar-refractivity contribution is 7.17. The van der Waals surface area contributed by atoms with Crippen LogP contribution in [-0.2, 0) is 18.2 Å². The Morgan fingerprint density at radius 3 is 2.73 bits per heavy atom. The molecule has 4 aromatic rings. The molecule has 4 heterocycles. The summed E-state index contributed by atoms with van der Waals surface area (Å²) in [6, 6.07) is 12.5. The fourth-order valence-electron chi connectivity index (χ4n) is 3.60. The average molecular weight is 419 g/mol.